The van der Waals surface area contributed by atoms with Gasteiger partial charge in [0.05, 0.1) is 18.4 Å². The van der Waals surface area contributed by atoms with Crippen LogP contribution in [0.15, 0.2) is 24.3 Å². The normalized spacial score (nSPS) is 11.0. The quantitative estimate of drug-likeness (QED) is 0.748. The summed E-state index contributed by atoms with van der Waals surface area (Å²) < 4.78 is 30.2. The summed E-state index contributed by atoms with van der Waals surface area (Å²) >= 11 is 0. The largest absolute Gasteiger partial charge is 0.465 e. The van der Waals surface area contributed by atoms with Crippen molar-refractivity contribution in [2.45, 2.75) is 5.75 Å². The number of sulfonamides is 1. The van der Waals surface area contributed by atoms with E-state index in [1.165, 1.54) is 24.5 Å². The van der Waals surface area contributed by atoms with Gasteiger partial charge >= 0.3 is 5.97 Å². The van der Waals surface area contributed by atoms with Gasteiger partial charge in [-0.1, -0.05) is 12.1 Å². The Morgan fingerprint density at radius 1 is 1.38 bits per heavy atom. The Morgan fingerprint density at radius 3 is 2.62 bits per heavy atom. The molecule has 0 aliphatic rings. The summed E-state index contributed by atoms with van der Waals surface area (Å²) in [6, 6.07) is 6.45. The van der Waals surface area contributed by atoms with Crippen molar-refractivity contribution in [3.05, 3.63) is 35.4 Å². The van der Waals surface area contributed by atoms with E-state index in [1.807, 2.05) is 0 Å². The van der Waals surface area contributed by atoms with Crippen LogP contribution in [0.4, 0.5) is 0 Å². The first-order chi connectivity index (χ1) is 9.40. The number of hydrogen-bond donors (Lipinski definition) is 1. The highest BCUT2D eigenvalue weighted by Gasteiger charge is 2.18. The summed E-state index contributed by atoms with van der Waals surface area (Å²) in [6.07, 6.45) is 0. The lowest BCUT2D eigenvalue weighted by Crippen LogP contribution is -2.33. The molecule has 21 heavy (non-hydrogen) atoms. The van der Waals surface area contributed by atoms with E-state index in [9.17, 15) is 13.2 Å². The molecule has 1 aromatic rings. The first kappa shape index (κ1) is 19.9. The molecule has 0 atom stereocenters. The van der Waals surface area contributed by atoms with Crippen molar-refractivity contribution in [1.82, 2.24) is 9.62 Å². The van der Waals surface area contributed by atoms with E-state index >= 15 is 0 Å². The topological polar surface area (TPSA) is 75.7 Å². The Labute approximate surface area is 131 Å². The van der Waals surface area contributed by atoms with Gasteiger partial charge in [-0.3, -0.25) is 0 Å². The van der Waals surface area contributed by atoms with Gasteiger partial charge in [-0.2, -0.15) is 0 Å². The van der Waals surface area contributed by atoms with E-state index in [0.29, 0.717) is 24.2 Å². The summed E-state index contributed by atoms with van der Waals surface area (Å²) in [7, 11) is 1.20. The summed E-state index contributed by atoms with van der Waals surface area (Å²) in [6.45, 7) is 0.980. The second-order valence-electron chi connectivity index (χ2n) is 4.37. The van der Waals surface area contributed by atoms with E-state index in [0.717, 1.165) is 0 Å². The first-order valence-electron chi connectivity index (χ1n) is 6.16. The van der Waals surface area contributed by atoms with Gasteiger partial charge in [-0.15, -0.1) is 12.4 Å². The minimum Gasteiger partial charge on any atom is -0.465 e. The van der Waals surface area contributed by atoms with Crippen LogP contribution in [0.3, 0.4) is 0 Å². The fourth-order valence-electron chi connectivity index (χ4n) is 1.64. The third kappa shape index (κ3) is 6.01. The molecule has 6 nitrogen and oxygen atoms in total. The Bertz CT molecular complexity index is 563. The maximum absolute atomic E-state index is 12.1. The van der Waals surface area contributed by atoms with Crippen LogP contribution >= 0.6 is 12.4 Å². The molecule has 8 heteroatoms. The van der Waals surface area contributed by atoms with Crippen molar-refractivity contribution < 1.29 is 17.9 Å². The molecule has 0 aromatic heterocycles. The molecule has 1 rings (SSSR count). The van der Waals surface area contributed by atoms with Crippen molar-refractivity contribution in [3.63, 3.8) is 0 Å². The zero-order valence-corrected chi connectivity index (χ0v) is 14.0. The number of halogens is 1. The van der Waals surface area contributed by atoms with Crippen LogP contribution < -0.4 is 5.32 Å². The smallest absolute Gasteiger partial charge is 0.337 e. The first-order valence-corrected chi connectivity index (χ1v) is 7.77. The van der Waals surface area contributed by atoms with Gasteiger partial charge in [0, 0.05) is 20.1 Å². The molecular formula is C13H21ClN2O4S. The standard InChI is InChI=1S/C13H20N2O4S.ClH/c1-14-7-8-15(2)20(17,18)10-11-5-4-6-12(9-11)13(16)19-3;/h4-6,9,14H,7-8,10H2,1-3H3;1H. The predicted octanol–water partition coefficient (Wildman–Crippen LogP) is 0.876. The lowest BCUT2D eigenvalue weighted by atomic mass is 10.1. The third-order valence-electron chi connectivity index (χ3n) is 2.85. The van der Waals surface area contributed by atoms with Crippen molar-refractivity contribution >= 4 is 28.4 Å². The maximum atomic E-state index is 12.1. The highest BCUT2D eigenvalue weighted by Crippen LogP contribution is 2.12. The van der Waals surface area contributed by atoms with Crippen LogP contribution in [0, 0.1) is 0 Å². The number of methoxy groups -OCH3 is 1. The molecule has 0 heterocycles. The van der Waals surface area contributed by atoms with Gasteiger partial charge in [0.15, 0.2) is 0 Å². The van der Waals surface area contributed by atoms with E-state index < -0.39 is 16.0 Å². The minimum absolute atomic E-state index is 0. The molecule has 0 amide bonds. The summed E-state index contributed by atoms with van der Waals surface area (Å²) in [5.74, 6) is -0.620. The van der Waals surface area contributed by atoms with E-state index in [-0.39, 0.29) is 18.2 Å². The summed E-state index contributed by atoms with van der Waals surface area (Å²) in [4.78, 5) is 11.4. The van der Waals surface area contributed by atoms with Crippen LogP contribution in [-0.2, 0) is 20.5 Å². The number of carbonyl (C=O) groups excluding carboxylic acids is 1. The number of ether oxygens (including phenoxy) is 1. The number of carbonyl (C=O) groups is 1. The Kier molecular flexibility index (Phi) is 8.50. The van der Waals surface area contributed by atoms with Gasteiger partial charge in [-0.25, -0.2) is 17.5 Å². The molecule has 0 fully saturated rings. The lowest BCUT2D eigenvalue weighted by molar-refractivity contribution is 0.0600. The van der Waals surface area contributed by atoms with E-state index in [4.69, 9.17) is 0 Å². The SMILES string of the molecule is CNCCN(C)S(=O)(=O)Cc1cccc(C(=O)OC)c1.Cl. The highest BCUT2D eigenvalue weighted by molar-refractivity contribution is 7.88. The molecule has 1 aromatic carbocycles. The Morgan fingerprint density at radius 2 is 2.05 bits per heavy atom. The van der Waals surface area contributed by atoms with Crippen molar-refractivity contribution in [2.75, 3.05) is 34.3 Å². The fraction of sp³-hybridized carbons (Fsp3) is 0.462. The van der Waals surface area contributed by atoms with Crippen molar-refractivity contribution in [2.24, 2.45) is 0 Å². The highest BCUT2D eigenvalue weighted by atomic mass is 35.5. The fourth-order valence-corrected chi connectivity index (χ4v) is 2.83. The molecule has 120 valence electrons. The average molecular weight is 337 g/mol. The van der Waals surface area contributed by atoms with E-state index in [1.54, 1.807) is 25.2 Å². The molecule has 0 aliphatic carbocycles. The number of rotatable bonds is 7. The average Bonchev–Trinajstić information content (AvgIpc) is 2.43. The van der Waals surface area contributed by atoms with Gasteiger partial charge in [0.2, 0.25) is 10.0 Å². The van der Waals surface area contributed by atoms with Gasteiger partial charge in [-0.05, 0) is 24.7 Å². The maximum Gasteiger partial charge on any atom is 0.337 e. The zero-order chi connectivity index (χ0) is 15.2. The van der Waals surface area contributed by atoms with E-state index in [2.05, 4.69) is 10.1 Å². The minimum atomic E-state index is -3.39. The molecular weight excluding hydrogens is 316 g/mol. The lowest BCUT2D eigenvalue weighted by Gasteiger charge is -2.17. The molecule has 1 N–H and O–H groups in total. The molecule has 0 spiro atoms. The molecule has 0 saturated heterocycles. The van der Waals surface area contributed by atoms with Crippen molar-refractivity contribution in [1.29, 1.82) is 0 Å². The zero-order valence-electron chi connectivity index (χ0n) is 12.3. The second kappa shape index (κ2) is 8.99. The predicted molar refractivity (Wildman–Crippen MR) is 84.2 cm³/mol. The van der Waals surface area contributed by atoms with Gasteiger partial charge in [0.1, 0.15) is 0 Å². The Hall–Kier alpha value is -1.15. The summed E-state index contributed by atoms with van der Waals surface area (Å²) in [5.41, 5.74) is 0.905. The number of nitrogens with zero attached hydrogens (tertiary/aromatic N) is 1. The molecule has 0 radical (unpaired) electrons. The monoisotopic (exact) mass is 336 g/mol. The molecule has 0 saturated carbocycles. The van der Waals surface area contributed by atoms with Crippen LogP contribution in [-0.4, -0.2) is 53.0 Å². The van der Waals surface area contributed by atoms with Crippen LogP contribution in [0.25, 0.3) is 0 Å². The number of nitrogens with one attached hydrogen (secondary N) is 1. The van der Waals surface area contributed by atoms with Gasteiger partial charge < -0.3 is 10.1 Å². The molecule has 0 bridgehead atoms. The third-order valence-corrected chi connectivity index (χ3v) is 4.68. The molecule has 0 unspecified atom stereocenters. The van der Waals surface area contributed by atoms with Gasteiger partial charge in [0.25, 0.3) is 0 Å². The number of hydrogen-bond acceptors (Lipinski definition) is 5. The van der Waals surface area contributed by atoms with Crippen LogP contribution in [0.2, 0.25) is 0 Å². The second-order valence-corrected chi connectivity index (χ2v) is 6.45. The molecule has 0 aliphatic heterocycles. The van der Waals surface area contributed by atoms with Crippen LogP contribution in [0.5, 0.6) is 0 Å². The Balaban J connectivity index is 0.00000400. The number of likely N-dealkylation sites (N-methyl/N-ethyl adjacent to an activating group) is 2. The van der Waals surface area contributed by atoms with Crippen LogP contribution in [0.1, 0.15) is 15.9 Å². The summed E-state index contributed by atoms with van der Waals surface area (Å²) in [5, 5.41) is 2.90. The van der Waals surface area contributed by atoms with Crippen molar-refractivity contribution in [3.8, 4) is 0 Å². The number of benzene rings is 1. The number of esters is 1.